The van der Waals surface area contributed by atoms with Gasteiger partial charge in [-0.2, -0.15) is 0 Å². The Hall–Kier alpha value is -1.62. The highest BCUT2D eigenvalue weighted by Gasteiger charge is 2.26. The molecule has 3 rings (SSSR count). The molecule has 0 aromatic carbocycles. The van der Waals surface area contributed by atoms with Gasteiger partial charge >= 0.3 is 0 Å². The predicted octanol–water partition coefficient (Wildman–Crippen LogP) is 2.51. The summed E-state index contributed by atoms with van der Waals surface area (Å²) in [6.07, 6.45) is 5.45. The summed E-state index contributed by atoms with van der Waals surface area (Å²) in [6, 6.07) is 3.92. The molecule has 1 amide bonds. The van der Waals surface area contributed by atoms with Crippen molar-refractivity contribution >= 4 is 17.2 Å². The van der Waals surface area contributed by atoms with Gasteiger partial charge < -0.3 is 9.84 Å². The van der Waals surface area contributed by atoms with Crippen LogP contribution in [0.25, 0.3) is 0 Å². The molecule has 0 fully saturated rings. The Morgan fingerprint density at radius 2 is 2.47 bits per heavy atom. The van der Waals surface area contributed by atoms with Gasteiger partial charge in [0.05, 0.1) is 11.6 Å². The third-order valence-electron chi connectivity index (χ3n) is 3.54. The van der Waals surface area contributed by atoms with Crippen LogP contribution in [0.1, 0.15) is 34.9 Å². The molecule has 0 saturated carbocycles. The predicted molar refractivity (Wildman–Crippen MR) is 73.2 cm³/mol. The van der Waals surface area contributed by atoms with Crippen molar-refractivity contribution in [2.75, 3.05) is 6.54 Å². The lowest BCUT2D eigenvalue weighted by atomic mass is 9.87. The maximum absolute atomic E-state index is 12.2. The maximum atomic E-state index is 12.2. The van der Waals surface area contributed by atoms with Crippen molar-refractivity contribution < 1.29 is 9.32 Å². The molecule has 1 aliphatic rings. The number of aryl methyl sites for hydroxylation is 1. The fraction of sp³-hybridized carbons (Fsp3) is 0.429. The van der Waals surface area contributed by atoms with Crippen LogP contribution >= 0.6 is 11.3 Å². The standard InChI is InChI=1S/C14H16N2O2S/c17-14(15-7-4-10-5-8-18-16-10)12-2-1-3-13-11(12)6-9-19-13/h5-6,8-9,12H,1-4,7H2,(H,15,17). The van der Waals surface area contributed by atoms with E-state index in [0.717, 1.165) is 25.0 Å². The molecule has 5 heteroatoms. The number of carbonyl (C=O) groups is 1. The fourth-order valence-electron chi connectivity index (χ4n) is 2.56. The molecular formula is C14H16N2O2S. The van der Waals surface area contributed by atoms with E-state index in [1.807, 2.05) is 6.07 Å². The Kier molecular flexibility index (Phi) is 3.64. The molecule has 0 radical (unpaired) electrons. The van der Waals surface area contributed by atoms with Crippen molar-refractivity contribution in [3.8, 4) is 0 Å². The van der Waals surface area contributed by atoms with Gasteiger partial charge in [0, 0.05) is 23.9 Å². The lowest BCUT2D eigenvalue weighted by molar-refractivity contribution is -0.122. The molecule has 1 atom stereocenters. The number of aromatic nitrogens is 1. The Balaban J connectivity index is 1.57. The topological polar surface area (TPSA) is 55.1 Å². The van der Waals surface area contributed by atoms with E-state index in [0.29, 0.717) is 13.0 Å². The SMILES string of the molecule is O=C(NCCc1ccon1)C1CCCc2sccc21. The molecule has 0 spiro atoms. The molecule has 100 valence electrons. The minimum absolute atomic E-state index is 0.0345. The summed E-state index contributed by atoms with van der Waals surface area (Å²) in [7, 11) is 0. The van der Waals surface area contributed by atoms with Crippen LogP contribution in [0, 0.1) is 0 Å². The maximum Gasteiger partial charge on any atom is 0.227 e. The molecule has 0 aliphatic heterocycles. The highest BCUT2D eigenvalue weighted by molar-refractivity contribution is 7.10. The van der Waals surface area contributed by atoms with Crippen molar-refractivity contribution in [3.63, 3.8) is 0 Å². The van der Waals surface area contributed by atoms with Gasteiger partial charge in [-0.1, -0.05) is 5.16 Å². The fourth-order valence-corrected chi connectivity index (χ4v) is 3.55. The second-order valence-corrected chi connectivity index (χ2v) is 5.78. The van der Waals surface area contributed by atoms with Crippen LogP contribution in [-0.4, -0.2) is 17.6 Å². The van der Waals surface area contributed by atoms with Crippen molar-refractivity contribution in [1.82, 2.24) is 10.5 Å². The smallest absolute Gasteiger partial charge is 0.227 e. The summed E-state index contributed by atoms with van der Waals surface area (Å²) < 4.78 is 4.76. The summed E-state index contributed by atoms with van der Waals surface area (Å²) in [5, 5.41) is 8.92. The summed E-state index contributed by atoms with van der Waals surface area (Å²) in [5.74, 6) is 0.176. The highest BCUT2D eigenvalue weighted by atomic mass is 32.1. The molecule has 19 heavy (non-hydrogen) atoms. The minimum Gasteiger partial charge on any atom is -0.365 e. The van der Waals surface area contributed by atoms with Crippen LogP contribution in [0.2, 0.25) is 0 Å². The van der Waals surface area contributed by atoms with E-state index in [1.165, 1.54) is 10.4 Å². The van der Waals surface area contributed by atoms with Gasteiger partial charge in [-0.3, -0.25) is 4.79 Å². The Bertz CT molecular complexity index is 548. The van der Waals surface area contributed by atoms with Crippen LogP contribution < -0.4 is 5.32 Å². The second kappa shape index (κ2) is 5.57. The van der Waals surface area contributed by atoms with Gasteiger partial charge in [0.15, 0.2) is 0 Å². The van der Waals surface area contributed by atoms with Crippen molar-refractivity contribution in [1.29, 1.82) is 0 Å². The summed E-state index contributed by atoms with van der Waals surface area (Å²) in [4.78, 5) is 13.6. The number of nitrogens with zero attached hydrogens (tertiary/aromatic N) is 1. The first-order valence-electron chi connectivity index (χ1n) is 6.58. The van der Waals surface area contributed by atoms with Crippen LogP contribution in [-0.2, 0) is 17.6 Å². The number of hydrogen-bond donors (Lipinski definition) is 1. The summed E-state index contributed by atoms with van der Waals surface area (Å²) >= 11 is 1.77. The van der Waals surface area contributed by atoms with Crippen LogP contribution in [0.15, 0.2) is 28.3 Å². The number of hydrogen-bond acceptors (Lipinski definition) is 4. The van der Waals surface area contributed by atoms with E-state index in [-0.39, 0.29) is 11.8 Å². The van der Waals surface area contributed by atoms with E-state index in [4.69, 9.17) is 4.52 Å². The molecule has 1 N–H and O–H groups in total. The largest absolute Gasteiger partial charge is 0.365 e. The molecule has 4 nitrogen and oxygen atoms in total. The Labute approximate surface area is 115 Å². The average Bonchev–Trinajstić information content (AvgIpc) is 3.08. The number of rotatable bonds is 4. The number of amides is 1. The minimum atomic E-state index is 0.0345. The highest BCUT2D eigenvalue weighted by Crippen LogP contribution is 2.34. The van der Waals surface area contributed by atoms with Gasteiger partial charge in [0.1, 0.15) is 6.26 Å². The molecular weight excluding hydrogens is 260 g/mol. The van der Waals surface area contributed by atoms with E-state index >= 15 is 0 Å². The lowest BCUT2D eigenvalue weighted by Crippen LogP contribution is -2.32. The third-order valence-corrected chi connectivity index (χ3v) is 4.54. The second-order valence-electron chi connectivity index (χ2n) is 4.78. The summed E-state index contributed by atoms with van der Waals surface area (Å²) in [6.45, 7) is 0.612. The zero-order valence-corrected chi connectivity index (χ0v) is 11.4. The van der Waals surface area contributed by atoms with Crippen LogP contribution in [0.3, 0.4) is 0 Å². The first-order chi connectivity index (χ1) is 9.34. The zero-order valence-electron chi connectivity index (χ0n) is 10.6. The Morgan fingerprint density at radius 1 is 1.53 bits per heavy atom. The van der Waals surface area contributed by atoms with Crippen molar-refractivity contribution in [3.05, 3.63) is 39.9 Å². The Morgan fingerprint density at radius 3 is 3.32 bits per heavy atom. The third kappa shape index (κ3) is 2.71. The van der Waals surface area contributed by atoms with E-state index in [9.17, 15) is 4.79 Å². The summed E-state index contributed by atoms with van der Waals surface area (Å²) in [5.41, 5.74) is 2.11. The normalized spacial score (nSPS) is 18.0. The lowest BCUT2D eigenvalue weighted by Gasteiger charge is -2.21. The quantitative estimate of drug-likeness (QED) is 0.933. The number of thiophene rings is 1. The van der Waals surface area contributed by atoms with Crippen LogP contribution in [0.4, 0.5) is 0 Å². The molecule has 2 aromatic rings. The van der Waals surface area contributed by atoms with Gasteiger partial charge in [-0.05, 0) is 36.3 Å². The monoisotopic (exact) mass is 276 g/mol. The van der Waals surface area contributed by atoms with Crippen molar-refractivity contribution in [2.45, 2.75) is 31.6 Å². The molecule has 1 aliphatic carbocycles. The number of carbonyl (C=O) groups excluding carboxylic acids is 1. The van der Waals surface area contributed by atoms with Crippen molar-refractivity contribution in [2.24, 2.45) is 0 Å². The number of fused-ring (bicyclic) bond motifs is 1. The van der Waals surface area contributed by atoms with Gasteiger partial charge in [0.25, 0.3) is 0 Å². The number of nitrogens with one attached hydrogen (secondary N) is 1. The van der Waals surface area contributed by atoms with E-state index in [1.54, 1.807) is 17.6 Å². The van der Waals surface area contributed by atoms with Gasteiger partial charge in [-0.15, -0.1) is 11.3 Å². The van der Waals surface area contributed by atoms with E-state index in [2.05, 4.69) is 21.9 Å². The molecule has 2 heterocycles. The first kappa shape index (κ1) is 12.4. The molecule has 2 aromatic heterocycles. The first-order valence-corrected chi connectivity index (χ1v) is 7.46. The average molecular weight is 276 g/mol. The molecule has 1 unspecified atom stereocenters. The molecule has 0 saturated heterocycles. The van der Waals surface area contributed by atoms with Gasteiger partial charge in [0.2, 0.25) is 5.91 Å². The zero-order chi connectivity index (χ0) is 13.1. The van der Waals surface area contributed by atoms with E-state index < -0.39 is 0 Å². The van der Waals surface area contributed by atoms with Crippen LogP contribution in [0.5, 0.6) is 0 Å². The molecule has 0 bridgehead atoms. The van der Waals surface area contributed by atoms with Gasteiger partial charge in [-0.25, -0.2) is 0 Å².